The predicted octanol–water partition coefficient (Wildman–Crippen LogP) is 3.80. The molecule has 0 atom stereocenters. The van der Waals surface area contributed by atoms with E-state index in [9.17, 15) is 8.42 Å². The maximum atomic E-state index is 12.4. The molecule has 0 N–H and O–H groups in total. The number of nitrogens with zero attached hydrogens (tertiary/aromatic N) is 3. The third-order valence-electron chi connectivity index (χ3n) is 2.43. The molecule has 2 aromatic rings. The molecule has 0 fully saturated rings. The van der Waals surface area contributed by atoms with Crippen LogP contribution in [0.15, 0.2) is 29.4 Å². The summed E-state index contributed by atoms with van der Waals surface area (Å²) in [6.07, 6.45) is 0. The van der Waals surface area contributed by atoms with Crippen molar-refractivity contribution in [1.29, 1.82) is 0 Å². The minimum atomic E-state index is -3.84. The van der Waals surface area contributed by atoms with E-state index in [1.165, 1.54) is 4.57 Å². The number of sulfone groups is 1. The zero-order chi connectivity index (χ0) is 15.1. The van der Waals surface area contributed by atoms with E-state index in [0.29, 0.717) is 16.5 Å². The van der Waals surface area contributed by atoms with Crippen molar-refractivity contribution in [1.82, 2.24) is 14.8 Å². The highest BCUT2D eigenvalue weighted by Gasteiger charge is 2.41. The summed E-state index contributed by atoms with van der Waals surface area (Å²) in [5, 5.41) is 7.95. The van der Waals surface area contributed by atoms with Gasteiger partial charge in [0.25, 0.3) is 5.16 Å². The van der Waals surface area contributed by atoms with Crippen molar-refractivity contribution in [2.45, 2.75) is 13.6 Å². The topological polar surface area (TPSA) is 64.8 Å². The molecule has 1 aromatic heterocycles. The largest absolute Gasteiger partial charge is 0.270 e. The fourth-order valence-electron chi connectivity index (χ4n) is 1.51. The van der Waals surface area contributed by atoms with Gasteiger partial charge in [-0.25, -0.2) is 8.42 Å². The maximum Gasteiger partial charge on any atom is 0.257 e. The summed E-state index contributed by atoms with van der Waals surface area (Å²) in [5.41, 5.74) is 0.604. The van der Waals surface area contributed by atoms with Gasteiger partial charge in [-0.3, -0.25) is 4.57 Å². The van der Waals surface area contributed by atoms with E-state index in [4.69, 9.17) is 11.6 Å². The monoisotopic (exact) mass is 505 g/mol. The maximum absolute atomic E-state index is 12.4. The van der Waals surface area contributed by atoms with Crippen LogP contribution in [0.1, 0.15) is 5.82 Å². The van der Waals surface area contributed by atoms with Crippen LogP contribution in [0, 0.1) is 6.92 Å². The molecule has 0 saturated heterocycles. The number of alkyl halides is 3. The second-order valence-electron chi connectivity index (χ2n) is 3.79. The minimum Gasteiger partial charge on any atom is -0.270 e. The molecule has 0 unspecified atom stereocenters. The lowest BCUT2D eigenvalue weighted by Crippen LogP contribution is -2.22. The number of benzene rings is 1. The first-order valence-electron chi connectivity index (χ1n) is 5.14. The average Bonchev–Trinajstić information content (AvgIpc) is 2.71. The van der Waals surface area contributed by atoms with Crippen LogP contribution in [0.3, 0.4) is 0 Å². The zero-order valence-corrected chi connectivity index (χ0v) is 16.2. The first-order valence-corrected chi connectivity index (χ1v) is 9.38. The van der Waals surface area contributed by atoms with Crippen molar-refractivity contribution >= 4 is 69.2 Å². The van der Waals surface area contributed by atoms with Crippen LogP contribution in [0.2, 0.25) is 5.02 Å². The van der Waals surface area contributed by atoms with Crippen molar-refractivity contribution in [3.05, 3.63) is 35.1 Å². The molecule has 0 bridgehead atoms. The van der Waals surface area contributed by atoms with E-state index >= 15 is 0 Å². The number of halogens is 4. The molecule has 5 nitrogen and oxygen atoms in total. The fraction of sp³-hybridized carbons (Fsp3) is 0.200. The van der Waals surface area contributed by atoms with E-state index in [1.807, 2.05) is 0 Å². The molecule has 0 saturated carbocycles. The molecule has 0 amide bonds. The van der Waals surface area contributed by atoms with E-state index in [-0.39, 0.29) is 5.16 Å². The number of aromatic nitrogens is 3. The Morgan fingerprint density at radius 3 is 2.20 bits per heavy atom. The fourth-order valence-corrected chi connectivity index (χ4v) is 3.77. The average molecular weight is 508 g/mol. The van der Waals surface area contributed by atoms with Gasteiger partial charge in [0, 0.05) is 10.7 Å². The van der Waals surface area contributed by atoms with Crippen molar-refractivity contribution in [2.75, 3.05) is 0 Å². The smallest absolute Gasteiger partial charge is 0.257 e. The highest BCUT2D eigenvalue weighted by atomic mass is 80.0. The van der Waals surface area contributed by atoms with Gasteiger partial charge in [0.2, 0.25) is 11.3 Å². The van der Waals surface area contributed by atoms with Crippen LogP contribution in [-0.4, -0.2) is 24.7 Å². The Bertz CT molecular complexity index is 738. The van der Waals surface area contributed by atoms with Crippen LogP contribution >= 0.6 is 59.4 Å². The third-order valence-corrected chi connectivity index (χ3v) is 7.87. The third kappa shape index (κ3) is 2.96. The Kier molecular flexibility index (Phi) is 4.66. The Morgan fingerprint density at radius 2 is 1.70 bits per heavy atom. The first-order chi connectivity index (χ1) is 9.14. The van der Waals surface area contributed by atoms with Crippen molar-refractivity contribution in [3.8, 4) is 5.69 Å². The van der Waals surface area contributed by atoms with E-state index < -0.39 is 11.3 Å². The molecule has 0 aliphatic heterocycles. The van der Waals surface area contributed by atoms with E-state index in [2.05, 4.69) is 58.0 Å². The van der Waals surface area contributed by atoms with Gasteiger partial charge in [-0.1, -0.05) is 11.6 Å². The second kappa shape index (κ2) is 5.68. The quantitative estimate of drug-likeness (QED) is 0.580. The molecule has 1 aromatic carbocycles. The normalized spacial score (nSPS) is 12.7. The highest BCUT2D eigenvalue weighted by molar-refractivity contribution is 9.42. The lowest BCUT2D eigenvalue weighted by atomic mass is 10.3. The summed E-state index contributed by atoms with van der Waals surface area (Å²) in [4.78, 5) is 0. The van der Waals surface area contributed by atoms with Gasteiger partial charge in [0.15, 0.2) is 0 Å². The zero-order valence-electron chi connectivity index (χ0n) is 9.89. The van der Waals surface area contributed by atoms with Crippen LogP contribution in [0.5, 0.6) is 0 Å². The molecular formula is C10H7Br3ClN3O2S. The summed E-state index contributed by atoms with van der Waals surface area (Å²) >= 11 is 14.9. The molecule has 108 valence electrons. The van der Waals surface area contributed by atoms with Crippen LogP contribution < -0.4 is 0 Å². The number of rotatable bonds is 2. The Morgan fingerprint density at radius 1 is 1.15 bits per heavy atom. The Labute approximate surface area is 146 Å². The van der Waals surface area contributed by atoms with Gasteiger partial charge >= 0.3 is 0 Å². The van der Waals surface area contributed by atoms with Gasteiger partial charge in [-0.15, -0.1) is 10.2 Å². The number of hydrogen-bond acceptors (Lipinski definition) is 4. The SMILES string of the molecule is Cc1nnc(S(=O)(=O)C(Br)(Br)Br)n1-c1ccc(Cl)cc1. The van der Waals surface area contributed by atoms with E-state index in [0.717, 1.165) is 0 Å². The summed E-state index contributed by atoms with van der Waals surface area (Å²) in [6, 6.07) is 6.71. The summed E-state index contributed by atoms with van der Waals surface area (Å²) in [6.45, 7) is 1.67. The molecule has 20 heavy (non-hydrogen) atoms. The highest BCUT2D eigenvalue weighted by Crippen LogP contribution is 2.43. The van der Waals surface area contributed by atoms with Gasteiger partial charge in [-0.05, 0) is 79.0 Å². The van der Waals surface area contributed by atoms with Crippen LogP contribution in [0.25, 0.3) is 5.69 Å². The molecule has 1 heterocycles. The standard InChI is InChI=1S/C10H7Br3ClN3O2S/c1-6-15-16-9(20(18,19)10(11,12)13)17(6)8-4-2-7(14)3-5-8/h2-5H,1H3. The summed E-state index contributed by atoms with van der Waals surface area (Å²) in [5.74, 6) is 0.447. The van der Waals surface area contributed by atoms with Gasteiger partial charge in [-0.2, -0.15) is 0 Å². The van der Waals surface area contributed by atoms with Gasteiger partial charge in [0.05, 0.1) is 0 Å². The van der Waals surface area contributed by atoms with Crippen molar-refractivity contribution in [2.24, 2.45) is 0 Å². The Balaban J connectivity index is 2.68. The Hall–Kier alpha value is 0.0400. The number of aryl methyl sites for hydroxylation is 1. The van der Waals surface area contributed by atoms with Crippen molar-refractivity contribution in [3.63, 3.8) is 0 Å². The predicted molar refractivity (Wildman–Crippen MR) is 87.8 cm³/mol. The van der Waals surface area contributed by atoms with Crippen LogP contribution in [-0.2, 0) is 9.84 Å². The molecule has 0 spiro atoms. The lowest BCUT2D eigenvalue weighted by molar-refractivity contribution is 0.585. The molecule has 0 radical (unpaired) electrons. The molecule has 0 aliphatic carbocycles. The first kappa shape index (κ1) is 16.4. The molecule has 10 heteroatoms. The van der Waals surface area contributed by atoms with Crippen molar-refractivity contribution < 1.29 is 8.42 Å². The van der Waals surface area contributed by atoms with E-state index in [1.54, 1.807) is 31.2 Å². The second-order valence-corrected chi connectivity index (χ2v) is 14.5. The van der Waals surface area contributed by atoms with Gasteiger partial charge < -0.3 is 0 Å². The number of hydrogen-bond donors (Lipinski definition) is 0. The molecular weight excluding hydrogens is 501 g/mol. The minimum absolute atomic E-state index is 0.192. The molecule has 2 rings (SSSR count). The molecule has 0 aliphatic rings. The summed E-state index contributed by atoms with van der Waals surface area (Å²) < 4.78 is 24.8. The summed E-state index contributed by atoms with van der Waals surface area (Å²) in [7, 11) is -3.84. The van der Waals surface area contributed by atoms with Crippen LogP contribution in [0.4, 0.5) is 0 Å². The van der Waals surface area contributed by atoms with Gasteiger partial charge in [0.1, 0.15) is 5.82 Å². The lowest BCUT2D eigenvalue weighted by Gasteiger charge is -2.14.